The molecule has 1 aliphatic rings. The van der Waals surface area contributed by atoms with E-state index in [9.17, 15) is 9.18 Å². The molecule has 0 amide bonds. The Morgan fingerprint density at radius 1 is 1.06 bits per heavy atom. The number of alkyl halides is 1. The zero-order chi connectivity index (χ0) is 21.4. The number of imidazole rings is 1. The fourth-order valence-electron chi connectivity index (χ4n) is 3.99. The molecule has 3 heterocycles. The van der Waals surface area contributed by atoms with E-state index in [0.717, 1.165) is 0 Å². The molecule has 0 saturated carbocycles. The molecule has 0 radical (unpaired) electrons. The second-order valence-corrected chi connectivity index (χ2v) is 7.40. The number of halogens is 2. The topological polar surface area (TPSA) is 100.0 Å². The summed E-state index contributed by atoms with van der Waals surface area (Å²) in [5.74, 6) is 1.49. The van der Waals surface area contributed by atoms with Gasteiger partial charge in [-0.2, -0.15) is 0 Å². The number of hydrogen-bond acceptors (Lipinski definition) is 6. The minimum atomic E-state index is -1.21. The number of fused-ring (bicyclic) bond motifs is 1. The Balaban J connectivity index is 0.00000245. The lowest BCUT2D eigenvalue weighted by atomic mass is 10.0. The van der Waals surface area contributed by atoms with E-state index in [0.29, 0.717) is 41.3 Å². The third-order valence-electron chi connectivity index (χ3n) is 5.46. The highest BCUT2D eigenvalue weighted by Crippen LogP contribution is 2.28. The zero-order valence-electron chi connectivity index (χ0n) is 17.0. The van der Waals surface area contributed by atoms with Crippen LogP contribution in [0.2, 0.25) is 0 Å². The number of nitrogens with one attached hydrogen (secondary N) is 1. The van der Waals surface area contributed by atoms with E-state index in [1.807, 2.05) is 30.3 Å². The standard InChI is InChI=1S/C22H21FN6O2.ClH/c23-17-12-25-11-10-18(17)29-21-19(20(24)26-13-27-21)28(22(29)30)14-6-8-16(9-7-14)31-15-4-2-1-3-5-15;/h1-9,13,17-18,25H,10-12H2,(H2,24,26,27);1H/t17-,18+;/m0./s1. The molecular formula is C22H22ClFN6O2. The third kappa shape index (κ3) is 3.80. The van der Waals surface area contributed by atoms with Crippen molar-refractivity contribution in [1.29, 1.82) is 0 Å². The summed E-state index contributed by atoms with van der Waals surface area (Å²) in [5, 5.41) is 3.01. The number of ether oxygens (including phenoxy) is 1. The van der Waals surface area contributed by atoms with Gasteiger partial charge in [-0.3, -0.25) is 9.13 Å². The molecule has 32 heavy (non-hydrogen) atoms. The van der Waals surface area contributed by atoms with Gasteiger partial charge in [-0.15, -0.1) is 12.4 Å². The number of aromatic nitrogens is 4. The lowest BCUT2D eigenvalue weighted by Crippen LogP contribution is -2.42. The van der Waals surface area contributed by atoms with E-state index in [1.54, 1.807) is 24.3 Å². The number of nitrogens with zero attached hydrogens (tertiary/aromatic N) is 4. The van der Waals surface area contributed by atoms with Crippen molar-refractivity contribution in [3.63, 3.8) is 0 Å². The van der Waals surface area contributed by atoms with Crippen molar-refractivity contribution in [2.45, 2.75) is 18.6 Å². The van der Waals surface area contributed by atoms with Gasteiger partial charge in [-0.05, 0) is 49.4 Å². The number of nitrogen functional groups attached to an aromatic ring is 1. The van der Waals surface area contributed by atoms with Crippen LogP contribution in [-0.2, 0) is 0 Å². The molecule has 2 aromatic heterocycles. The van der Waals surface area contributed by atoms with Crippen LogP contribution < -0.4 is 21.5 Å². The maximum Gasteiger partial charge on any atom is 0.335 e. The second-order valence-electron chi connectivity index (χ2n) is 7.40. The molecule has 3 N–H and O–H groups in total. The number of piperidine rings is 1. The van der Waals surface area contributed by atoms with Crippen LogP contribution in [0.25, 0.3) is 16.9 Å². The highest BCUT2D eigenvalue weighted by atomic mass is 35.5. The van der Waals surface area contributed by atoms with Crippen molar-refractivity contribution < 1.29 is 9.13 Å². The van der Waals surface area contributed by atoms with E-state index < -0.39 is 17.9 Å². The fourth-order valence-corrected chi connectivity index (χ4v) is 3.99. The monoisotopic (exact) mass is 456 g/mol. The predicted octanol–water partition coefficient (Wildman–Crippen LogP) is 3.25. The van der Waals surface area contributed by atoms with Gasteiger partial charge in [0.25, 0.3) is 0 Å². The summed E-state index contributed by atoms with van der Waals surface area (Å²) in [6, 6.07) is 15.8. The van der Waals surface area contributed by atoms with Crippen molar-refractivity contribution in [3.8, 4) is 17.2 Å². The lowest BCUT2D eigenvalue weighted by molar-refractivity contribution is 0.183. The minimum absolute atomic E-state index is 0. The summed E-state index contributed by atoms with van der Waals surface area (Å²) in [6.45, 7) is 0.812. The zero-order valence-corrected chi connectivity index (χ0v) is 17.8. The van der Waals surface area contributed by atoms with E-state index in [1.165, 1.54) is 15.5 Å². The molecule has 0 aliphatic carbocycles. The molecular weight excluding hydrogens is 435 g/mol. The summed E-state index contributed by atoms with van der Waals surface area (Å²) in [5.41, 5.74) is 6.99. The average molecular weight is 457 g/mol. The molecule has 2 aromatic carbocycles. The molecule has 166 valence electrons. The first kappa shape index (κ1) is 21.8. The maximum absolute atomic E-state index is 14.7. The van der Waals surface area contributed by atoms with Crippen molar-refractivity contribution >= 4 is 29.4 Å². The van der Waals surface area contributed by atoms with Gasteiger partial charge in [0, 0.05) is 6.54 Å². The van der Waals surface area contributed by atoms with Crippen LogP contribution in [0, 0.1) is 0 Å². The molecule has 8 nitrogen and oxygen atoms in total. The molecule has 1 fully saturated rings. The summed E-state index contributed by atoms with van der Waals surface area (Å²) in [7, 11) is 0. The molecule has 0 spiro atoms. The van der Waals surface area contributed by atoms with Gasteiger partial charge in [-0.1, -0.05) is 18.2 Å². The Morgan fingerprint density at radius 2 is 1.78 bits per heavy atom. The van der Waals surface area contributed by atoms with Crippen molar-refractivity contribution in [1.82, 2.24) is 24.4 Å². The van der Waals surface area contributed by atoms with E-state index in [2.05, 4.69) is 15.3 Å². The van der Waals surface area contributed by atoms with Crippen LogP contribution in [0.4, 0.5) is 10.2 Å². The second kappa shape index (κ2) is 8.97. The smallest absolute Gasteiger partial charge is 0.335 e. The summed E-state index contributed by atoms with van der Waals surface area (Å²) in [6.07, 6.45) is 0.570. The quantitative estimate of drug-likeness (QED) is 0.489. The first-order chi connectivity index (χ1) is 15.1. The van der Waals surface area contributed by atoms with Crippen molar-refractivity contribution in [2.75, 3.05) is 18.8 Å². The maximum atomic E-state index is 14.7. The van der Waals surface area contributed by atoms with Gasteiger partial charge < -0.3 is 15.8 Å². The number of benzene rings is 2. The van der Waals surface area contributed by atoms with E-state index in [-0.39, 0.29) is 24.8 Å². The number of hydrogen-bond donors (Lipinski definition) is 2. The van der Waals surface area contributed by atoms with Crippen LogP contribution in [-0.4, -0.2) is 38.4 Å². The van der Waals surface area contributed by atoms with Gasteiger partial charge in [0.05, 0.1) is 11.7 Å². The lowest BCUT2D eigenvalue weighted by Gasteiger charge is -2.27. The summed E-state index contributed by atoms with van der Waals surface area (Å²) >= 11 is 0. The van der Waals surface area contributed by atoms with Crippen LogP contribution in [0.5, 0.6) is 11.5 Å². The van der Waals surface area contributed by atoms with Crippen LogP contribution in [0.1, 0.15) is 12.5 Å². The van der Waals surface area contributed by atoms with Crippen LogP contribution in [0.3, 0.4) is 0 Å². The van der Waals surface area contributed by atoms with Crippen LogP contribution >= 0.6 is 12.4 Å². The molecule has 1 aliphatic heterocycles. The molecule has 10 heteroatoms. The number of para-hydroxylation sites is 1. The van der Waals surface area contributed by atoms with Gasteiger partial charge in [-0.25, -0.2) is 19.2 Å². The van der Waals surface area contributed by atoms with Crippen LogP contribution in [0.15, 0.2) is 65.7 Å². The summed E-state index contributed by atoms with van der Waals surface area (Å²) in [4.78, 5) is 21.8. The van der Waals surface area contributed by atoms with Crippen molar-refractivity contribution in [3.05, 3.63) is 71.4 Å². The van der Waals surface area contributed by atoms with Gasteiger partial charge in [0.15, 0.2) is 11.5 Å². The third-order valence-corrected chi connectivity index (χ3v) is 5.46. The van der Waals surface area contributed by atoms with Gasteiger partial charge >= 0.3 is 5.69 Å². The molecule has 0 unspecified atom stereocenters. The SMILES string of the molecule is Cl.Nc1ncnc2c1n(-c1ccc(Oc3ccccc3)cc1)c(=O)n2[C@@H]1CCNC[C@@H]1F. The first-order valence-corrected chi connectivity index (χ1v) is 10.0. The van der Waals surface area contributed by atoms with Gasteiger partial charge in [0.1, 0.15) is 29.5 Å². The minimum Gasteiger partial charge on any atom is -0.457 e. The number of nitrogens with two attached hydrogens (primary N) is 1. The van der Waals surface area contributed by atoms with E-state index >= 15 is 0 Å². The molecule has 5 rings (SSSR count). The normalized spacial score (nSPS) is 18.3. The number of rotatable bonds is 4. The van der Waals surface area contributed by atoms with Crippen molar-refractivity contribution in [2.24, 2.45) is 0 Å². The molecule has 0 bridgehead atoms. The first-order valence-electron chi connectivity index (χ1n) is 10.0. The Labute approximate surface area is 189 Å². The Kier molecular flexibility index (Phi) is 6.11. The predicted molar refractivity (Wildman–Crippen MR) is 123 cm³/mol. The number of anilines is 1. The highest BCUT2D eigenvalue weighted by Gasteiger charge is 2.31. The Bertz CT molecular complexity index is 1280. The van der Waals surface area contributed by atoms with E-state index in [4.69, 9.17) is 10.5 Å². The average Bonchev–Trinajstić information content (AvgIpc) is 3.08. The Hall–Kier alpha value is -3.43. The largest absolute Gasteiger partial charge is 0.457 e. The molecule has 1 saturated heterocycles. The summed E-state index contributed by atoms with van der Waals surface area (Å²) < 4.78 is 23.4. The highest BCUT2D eigenvalue weighted by molar-refractivity contribution is 5.85. The van der Waals surface area contributed by atoms with Gasteiger partial charge in [0.2, 0.25) is 0 Å². The Morgan fingerprint density at radius 3 is 2.50 bits per heavy atom. The molecule has 2 atom stereocenters. The molecule has 4 aromatic rings. The fraction of sp³-hybridized carbons (Fsp3) is 0.227.